The molecule has 0 saturated carbocycles. The first-order chi connectivity index (χ1) is 14.2. The molecule has 0 aliphatic heterocycles. The number of fused-ring (bicyclic) bond motifs is 1. The van der Waals surface area contributed by atoms with Crippen molar-refractivity contribution >= 4 is 34.0 Å². The molecule has 0 radical (unpaired) electrons. The maximum absolute atomic E-state index is 13.0. The Hall–Kier alpha value is -3.23. The number of methoxy groups -OCH3 is 1. The first kappa shape index (κ1) is 19.1. The fraction of sp³-hybridized carbons (Fsp3) is 0.190. The van der Waals surface area contributed by atoms with Gasteiger partial charge in [-0.3, -0.25) is 4.79 Å². The molecule has 0 aliphatic carbocycles. The molecule has 0 unspecified atom stereocenters. The van der Waals surface area contributed by atoms with E-state index in [-0.39, 0.29) is 5.91 Å². The highest BCUT2D eigenvalue weighted by atomic mass is 32.1. The third-order valence-corrected chi connectivity index (χ3v) is 5.20. The van der Waals surface area contributed by atoms with Crippen molar-refractivity contribution in [1.82, 2.24) is 10.1 Å². The molecule has 1 N–H and O–H groups in total. The number of carbonyl (C=O) groups excluding carboxylic acids is 1. The summed E-state index contributed by atoms with van der Waals surface area (Å²) in [6, 6.07) is 12.8. The monoisotopic (exact) mass is 409 g/mol. The summed E-state index contributed by atoms with van der Waals surface area (Å²) in [5.41, 5.74) is 2.77. The highest BCUT2D eigenvalue weighted by Crippen LogP contribution is 2.30. The van der Waals surface area contributed by atoms with E-state index in [1.807, 2.05) is 17.5 Å². The number of aryl methyl sites for hydroxylation is 1. The van der Waals surface area contributed by atoms with Crippen LogP contribution in [0.25, 0.3) is 21.7 Å². The Balaban J connectivity index is 1.60. The molecule has 0 atom stereocenters. The molecule has 7 nitrogen and oxygen atoms in total. The number of amides is 1. The van der Waals surface area contributed by atoms with Crippen LogP contribution in [0.5, 0.6) is 5.75 Å². The van der Waals surface area contributed by atoms with Gasteiger partial charge in [-0.2, -0.15) is 0 Å². The Labute approximate surface area is 171 Å². The second-order valence-electron chi connectivity index (χ2n) is 6.30. The zero-order valence-electron chi connectivity index (χ0n) is 16.0. The number of aromatic nitrogens is 2. The molecule has 4 rings (SSSR count). The molecule has 29 heavy (non-hydrogen) atoms. The second kappa shape index (κ2) is 8.42. The van der Waals surface area contributed by atoms with Gasteiger partial charge in [-0.15, -0.1) is 11.3 Å². The number of nitrogens with zero attached hydrogens (tertiary/aromatic N) is 2. The van der Waals surface area contributed by atoms with E-state index >= 15 is 0 Å². The van der Waals surface area contributed by atoms with Gasteiger partial charge in [-0.1, -0.05) is 11.2 Å². The van der Waals surface area contributed by atoms with E-state index in [2.05, 4.69) is 15.5 Å². The quantitative estimate of drug-likeness (QED) is 0.451. The Morgan fingerprint density at radius 3 is 2.76 bits per heavy atom. The molecular formula is C21H19N3O4S. The molecule has 3 heterocycles. The van der Waals surface area contributed by atoms with Crippen LogP contribution in [0.2, 0.25) is 0 Å². The summed E-state index contributed by atoms with van der Waals surface area (Å²) < 4.78 is 15.8. The van der Waals surface area contributed by atoms with Crippen LogP contribution < -0.4 is 10.1 Å². The molecule has 148 valence electrons. The number of pyridine rings is 1. The van der Waals surface area contributed by atoms with Crippen LogP contribution in [0.4, 0.5) is 5.69 Å². The van der Waals surface area contributed by atoms with Crippen molar-refractivity contribution in [3.63, 3.8) is 0 Å². The van der Waals surface area contributed by atoms with E-state index in [9.17, 15) is 4.79 Å². The van der Waals surface area contributed by atoms with E-state index in [4.69, 9.17) is 14.0 Å². The molecule has 1 aromatic carbocycles. The van der Waals surface area contributed by atoms with Crippen LogP contribution in [-0.4, -0.2) is 36.4 Å². The summed E-state index contributed by atoms with van der Waals surface area (Å²) >= 11 is 1.55. The Morgan fingerprint density at radius 2 is 2.03 bits per heavy atom. The molecule has 4 aromatic rings. The van der Waals surface area contributed by atoms with Crippen molar-refractivity contribution in [2.75, 3.05) is 25.6 Å². The topological polar surface area (TPSA) is 86.5 Å². The zero-order valence-corrected chi connectivity index (χ0v) is 16.8. The summed E-state index contributed by atoms with van der Waals surface area (Å²) in [6.45, 7) is 2.78. The molecular weight excluding hydrogens is 390 g/mol. The number of hydrogen-bond acceptors (Lipinski definition) is 7. The van der Waals surface area contributed by atoms with Gasteiger partial charge in [0.2, 0.25) is 0 Å². The van der Waals surface area contributed by atoms with Gasteiger partial charge in [-0.05, 0) is 48.7 Å². The summed E-state index contributed by atoms with van der Waals surface area (Å²) in [7, 11) is 1.62. The van der Waals surface area contributed by atoms with E-state index < -0.39 is 0 Å². The fourth-order valence-electron chi connectivity index (χ4n) is 2.90. The molecule has 0 aliphatic rings. The lowest BCUT2D eigenvalue weighted by Crippen LogP contribution is -2.13. The molecule has 0 bridgehead atoms. The van der Waals surface area contributed by atoms with Crippen molar-refractivity contribution < 1.29 is 18.8 Å². The van der Waals surface area contributed by atoms with Gasteiger partial charge in [0.25, 0.3) is 11.6 Å². The van der Waals surface area contributed by atoms with Gasteiger partial charge in [0.1, 0.15) is 12.4 Å². The standard InChI is InChI=1S/C21H19N3O4S/c1-13-19-16(12-17(18-4-3-11-29-18)23-21(19)28-24-13)20(25)22-14-5-7-15(8-6-14)27-10-9-26-2/h3-8,11-12H,9-10H2,1-2H3,(H,22,25). The number of hydrogen-bond donors (Lipinski definition) is 1. The van der Waals surface area contributed by atoms with Gasteiger partial charge in [-0.25, -0.2) is 4.98 Å². The van der Waals surface area contributed by atoms with E-state index in [1.165, 1.54) is 0 Å². The van der Waals surface area contributed by atoms with Crippen LogP contribution >= 0.6 is 11.3 Å². The van der Waals surface area contributed by atoms with Crippen LogP contribution in [0.1, 0.15) is 16.1 Å². The lowest BCUT2D eigenvalue weighted by atomic mass is 10.1. The van der Waals surface area contributed by atoms with Crippen LogP contribution in [-0.2, 0) is 4.74 Å². The molecule has 0 fully saturated rings. The lowest BCUT2D eigenvalue weighted by molar-refractivity contribution is 0.102. The van der Waals surface area contributed by atoms with Crippen molar-refractivity contribution in [1.29, 1.82) is 0 Å². The van der Waals surface area contributed by atoms with Crippen molar-refractivity contribution in [3.05, 3.63) is 59.1 Å². The number of rotatable bonds is 7. The van der Waals surface area contributed by atoms with Crippen LogP contribution in [0, 0.1) is 6.92 Å². The van der Waals surface area contributed by atoms with Crippen LogP contribution in [0.15, 0.2) is 52.4 Å². The zero-order chi connectivity index (χ0) is 20.2. The van der Waals surface area contributed by atoms with Gasteiger partial charge in [0, 0.05) is 12.8 Å². The minimum Gasteiger partial charge on any atom is -0.491 e. The summed E-state index contributed by atoms with van der Waals surface area (Å²) in [4.78, 5) is 18.5. The Kier molecular flexibility index (Phi) is 5.55. The smallest absolute Gasteiger partial charge is 0.259 e. The second-order valence-corrected chi connectivity index (χ2v) is 7.25. The Morgan fingerprint density at radius 1 is 1.21 bits per heavy atom. The summed E-state index contributed by atoms with van der Waals surface area (Å²) in [5, 5.41) is 9.47. The number of thiophene rings is 1. The average Bonchev–Trinajstić information content (AvgIpc) is 3.39. The third-order valence-electron chi connectivity index (χ3n) is 4.30. The fourth-order valence-corrected chi connectivity index (χ4v) is 3.59. The Bertz CT molecular complexity index is 1120. The van der Waals surface area contributed by atoms with E-state index in [0.717, 1.165) is 4.88 Å². The molecule has 0 saturated heterocycles. The maximum Gasteiger partial charge on any atom is 0.259 e. The van der Waals surface area contributed by atoms with Gasteiger partial charge in [0.05, 0.1) is 33.8 Å². The third kappa shape index (κ3) is 4.13. The first-order valence-corrected chi connectivity index (χ1v) is 9.87. The maximum atomic E-state index is 13.0. The normalized spacial score (nSPS) is 11.0. The predicted molar refractivity (Wildman–Crippen MR) is 112 cm³/mol. The highest BCUT2D eigenvalue weighted by Gasteiger charge is 2.20. The lowest BCUT2D eigenvalue weighted by Gasteiger charge is -2.09. The minimum atomic E-state index is -0.255. The highest BCUT2D eigenvalue weighted by molar-refractivity contribution is 7.13. The van der Waals surface area contributed by atoms with Gasteiger partial charge >= 0.3 is 0 Å². The molecule has 8 heteroatoms. The van der Waals surface area contributed by atoms with Gasteiger partial charge < -0.3 is 19.3 Å². The minimum absolute atomic E-state index is 0.255. The van der Waals surface area contributed by atoms with E-state index in [1.54, 1.807) is 55.7 Å². The van der Waals surface area contributed by atoms with Crippen molar-refractivity contribution in [2.24, 2.45) is 0 Å². The number of benzene rings is 1. The van der Waals surface area contributed by atoms with Crippen molar-refractivity contribution in [2.45, 2.75) is 6.92 Å². The molecule has 0 spiro atoms. The molecule has 1 amide bonds. The van der Waals surface area contributed by atoms with E-state index in [0.29, 0.717) is 52.7 Å². The SMILES string of the molecule is COCCOc1ccc(NC(=O)c2cc(-c3cccs3)nc3onc(C)c23)cc1. The summed E-state index contributed by atoms with van der Waals surface area (Å²) in [6.07, 6.45) is 0. The number of carbonyl (C=O) groups is 1. The number of nitrogens with one attached hydrogen (secondary N) is 1. The molecule has 3 aromatic heterocycles. The number of anilines is 1. The average molecular weight is 409 g/mol. The van der Waals surface area contributed by atoms with Crippen molar-refractivity contribution in [3.8, 4) is 16.3 Å². The first-order valence-electron chi connectivity index (χ1n) is 9.00. The number of ether oxygens (including phenoxy) is 2. The predicted octanol–water partition coefficient (Wildman–Crippen LogP) is 4.54. The van der Waals surface area contributed by atoms with Gasteiger partial charge in [0.15, 0.2) is 0 Å². The van der Waals surface area contributed by atoms with Crippen LogP contribution in [0.3, 0.4) is 0 Å². The summed E-state index contributed by atoms with van der Waals surface area (Å²) in [5.74, 6) is 0.454. The largest absolute Gasteiger partial charge is 0.491 e.